The van der Waals surface area contributed by atoms with Crippen LogP contribution in [0.15, 0.2) is 60.3 Å². The summed E-state index contributed by atoms with van der Waals surface area (Å²) in [7, 11) is 1.99. The summed E-state index contributed by atoms with van der Waals surface area (Å²) in [5, 5.41) is 0.642. The van der Waals surface area contributed by atoms with E-state index in [1.54, 1.807) is 30.3 Å². The van der Waals surface area contributed by atoms with Gasteiger partial charge in [-0.25, -0.2) is 0 Å². The summed E-state index contributed by atoms with van der Waals surface area (Å²) in [4.78, 5) is 14.4. The van der Waals surface area contributed by atoms with Gasteiger partial charge in [0.05, 0.1) is 0 Å². The third-order valence-corrected chi connectivity index (χ3v) is 4.68. The van der Waals surface area contributed by atoms with Gasteiger partial charge in [0.25, 0.3) is 0 Å². The molecule has 0 aliphatic carbocycles. The maximum Gasteiger partial charge on any atom is 0.194 e. The smallest absolute Gasteiger partial charge is 0.194 e. The van der Waals surface area contributed by atoms with Gasteiger partial charge in [0.2, 0.25) is 0 Å². The monoisotopic (exact) mass is 341 g/mol. The summed E-state index contributed by atoms with van der Waals surface area (Å²) in [6, 6.07) is 15.2. The van der Waals surface area contributed by atoms with Crippen molar-refractivity contribution in [3.63, 3.8) is 0 Å². The molecule has 3 nitrogen and oxygen atoms in total. The lowest BCUT2D eigenvalue weighted by Gasteiger charge is -2.23. The van der Waals surface area contributed by atoms with E-state index >= 15 is 0 Å². The topological polar surface area (TPSA) is 29.5 Å². The van der Waals surface area contributed by atoms with Crippen LogP contribution >= 0.6 is 11.6 Å². The van der Waals surface area contributed by atoms with Crippen molar-refractivity contribution < 1.29 is 9.53 Å². The number of rotatable bonds is 4. The van der Waals surface area contributed by atoms with Gasteiger partial charge < -0.3 is 9.64 Å². The first kappa shape index (κ1) is 16.6. The van der Waals surface area contributed by atoms with E-state index in [-0.39, 0.29) is 17.8 Å². The lowest BCUT2D eigenvalue weighted by Crippen LogP contribution is -2.25. The molecule has 1 heterocycles. The van der Waals surface area contributed by atoms with Crippen molar-refractivity contribution in [2.45, 2.75) is 19.3 Å². The van der Waals surface area contributed by atoms with Gasteiger partial charge in [-0.1, -0.05) is 43.6 Å². The van der Waals surface area contributed by atoms with E-state index in [4.69, 9.17) is 16.3 Å². The fourth-order valence-electron chi connectivity index (χ4n) is 3.14. The standard InChI is InChI=1S/C20H20ClNO2/c1-20(2)17-6-4-5-7-18(17)22(3)19(20)12-15(23)13-24-16-10-8-14(21)9-11-16/h4-12H,13H2,1-3H3. The molecule has 24 heavy (non-hydrogen) atoms. The number of anilines is 1. The predicted molar refractivity (Wildman–Crippen MR) is 97.9 cm³/mol. The molecule has 0 spiro atoms. The van der Waals surface area contributed by atoms with Crippen molar-refractivity contribution in [2.24, 2.45) is 0 Å². The van der Waals surface area contributed by atoms with Crippen molar-refractivity contribution >= 4 is 23.1 Å². The number of likely N-dealkylation sites (N-methyl/N-ethyl adjacent to an activating group) is 1. The van der Waals surface area contributed by atoms with Gasteiger partial charge in [0.15, 0.2) is 12.4 Å². The van der Waals surface area contributed by atoms with E-state index in [1.807, 2.05) is 19.2 Å². The van der Waals surface area contributed by atoms with E-state index in [1.165, 1.54) is 5.56 Å². The number of halogens is 1. The molecule has 3 rings (SSSR count). The Bertz CT molecular complexity index is 794. The summed E-state index contributed by atoms with van der Waals surface area (Å²) in [5.74, 6) is 0.571. The highest BCUT2D eigenvalue weighted by Crippen LogP contribution is 2.46. The second-order valence-corrected chi connectivity index (χ2v) is 6.88. The molecule has 0 atom stereocenters. The minimum Gasteiger partial charge on any atom is -0.485 e. The Kier molecular flexibility index (Phi) is 4.37. The molecule has 124 valence electrons. The largest absolute Gasteiger partial charge is 0.485 e. The van der Waals surface area contributed by atoms with Crippen LogP contribution in [0.4, 0.5) is 5.69 Å². The summed E-state index contributed by atoms with van der Waals surface area (Å²) in [6.07, 6.45) is 1.69. The van der Waals surface area contributed by atoms with Crippen LogP contribution in [-0.4, -0.2) is 19.4 Å². The number of carbonyl (C=O) groups is 1. The van der Waals surface area contributed by atoms with Crippen molar-refractivity contribution in [3.05, 3.63) is 70.9 Å². The summed E-state index contributed by atoms with van der Waals surface area (Å²) < 4.78 is 5.54. The van der Waals surface area contributed by atoms with E-state index in [9.17, 15) is 4.79 Å². The molecular formula is C20H20ClNO2. The average molecular weight is 342 g/mol. The van der Waals surface area contributed by atoms with E-state index in [0.717, 1.165) is 11.4 Å². The number of hydrogen-bond donors (Lipinski definition) is 0. The van der Waals surface area contributed by atoms with Gasteiger partial charge >= 0.3 is 0 Å². The molecule has 0 fully saturated rings. The van der Waals surface area contributed by atoms with Crippen molar-refractivity contribution in [2.75, 3.05) is 18.6 Å². The molecule has 0 saturated heterocycles. The minimum atomic E-state index is -0.207. The van der Waals surface area contributed by atoms with Crippen LogP contribution in [0.5, 0.6) is 5.75 Å². The van der Waals surface area contributed by atoms with Gasteiger partial charge in [0, 0.05) is 34.9 Å². The third kappa shape index (κ3) is 3.04. The Labute approximate surface area is 147 Å². The number of hydrogen-bond acceptors (Lipinski definition) is 3. The van der Waals surface area contributed by atoms with Crippen LogP contribution in [0.1, 0.15) is 19.4 Å². The number of para-hydroxylation sites is 1. The molecule has 0 aromatic heterocycles. The Morgan fingerprint density at radius 2 is 1.83 bits per heavy atom. The molecule has 0 radical (unpaired) electrons. The van der Waals surface area contributed by atoms with E-state index in [0.29, 0.717) is 10.8 Å². The van der Waals surface area contributed by atoms with Crippen LogP contribution in [0, 0.1) is 0 Å². The fourth-order valence-corrected chi connectivity index (χ4v) is 3.26. The lowest BCUT2D eigenvalue weighted by molar-refractivity contribution is -0.116. The normalized spacial score (nSPS) is 17.0. The van der Waals surface area contributed by atoms with Crippen LogP contribution in [0.3, 0.4) is 0 Å². The predicted octanol–water partition coefficient (Wildman–Crippen LogP) is 4.60. The molecule has 1 aliphatic heterocycles. The molecular weight excluding hydrogens is 322 g/mol. The Morgan fingerprint density at radius 1 is 1.17 bits per heavy atom. The summed E-state index contributed by atoms with van der Waals surface area (Å²) >= 11 is 5.84. The van der Waals surface area contributed by atoms with Crippen LogP contribution in [0.25, 0.3) is 0 Å². The number of benzene rings is 2. The molecule has 0 N–H and O–H groups in total. The zero-order valence-electron chi connectivity index (χ0n) is 14.0. The molecule has 0 amide bonds. The molecule has 2 aromatic rings. The fraction of sp³-hybridized carbons (Fsp3) is 0.250. The van der Waals surface area contributed by atoms with Gasteiger partial charge in [-0.3, -0.25) is 4.79 Å². The van der Waals surface area contributed by atoms with Gasteiger partial charge in [0.1, 0.15) is 5.75 Å². The van der Waals surface area contributed by atoms with Crippen molar-refractivity contribution in [1.82, 2.24) is 0 Å². The maximum atomic E-state index is 12.4. The van der Waals surface area contributed by atoms with E-state index in [2.05, 4.69) is 30.9 Å². The average Bonchev–Trinajstić information content (AvgIpc) is 2.76. The van der Waals surface area contributed by atoms with Crippen molar-refractivity contribution in [3.8, 4) is 5.75 Å². The SMILES string of the molecule is CN1C(=CC(=O)COc2ccc(Cl)cc2)C(C)(C)c2ccccc21. The second kappa shape index (κ2) is 6.33. The molecule has 0 saturated carbocycles. The van der Waals surface area contributed by atoms with Crippen LogP contribution in [0.2, 0.25) is 5.02 Å². The Morgan fingerprint density at radius 3 is 2.50 bits per heavy atom. The van der Waals surface area contributed by atoms with Gasteiger partial charge in [-0.2, -0.15) is 0 Å². The number of allylic oxidation sites excluding steroid dienone is 1. The quantitative estimate of drug-likeness (QED) is 0.761. The Hall–Kier alpha value is -2.26. The molecule has 0 unspecified atom stereocenters. The lowest BCUT2D eigenvalue weighted by atomic mass is 9.83. The number of fused-ring (bicyclic) bond motifs is 1. The molecule has 0 bridgehead atoms. The summed E-state index contributed by atoms with van der Waals surface area (Å²) in [6.45, 7) is 4.27. The highest BCUT2D eigenvalue weighted by Gasteiger charge is 2.38. The number of nitrogens with zero attached hydrogens (tertiary/aromatic N) is 1. The first-order valence-electron chi connectivity index (χ1n) is 7.86. The second-order valence-electron chi connectivity index (χ2n) is 6.44. The number of ketones is 1. The first-order valence-corrected chi connectivity index (χ1v) is 8.24. The molecule has 2 aromatic carbocycles. The molecule has 1 aliphatic rings. The Balaban J connectivity index is 1.76. The number of ether oxygens (including phenoxy) is 1. The van der Waals surface area contributed by atoms with Crippen LogP contribution < -0.4 is 9.64 Å². The minimum absolute atomic E-state index is 0.00535. The maximum absolute atomic E-state index is 12.4. The zero-order chi connectivity index (χ0) is 17.3. The first-order chi connectivity index (χ1) is 11.4. The highest BCUT2D eigenvalue weighted by molar-refractivity contribution is 6.30. The van der Waals surface area contributed by atoms with Gasteiger partial charge in [-0.05, 0) is 35.9 Å². The van der Waals surface area contributed by atoms with E-state index < -0.39 is 0 Å². The van der Waals surface area contributed by atoms with Crippen LogP contribution in [-0.2, 0) is 10.2 Å². The molecule has 4 heteroatoms. The third-order valence-electron chi connectivity index (χ3n) is 4.43. The van der Waals surface area contributed by atoms with Gasteiger partial charge in [-0.15, -0.1) is 0 Å². The number of carbonyl (C=O) groups excluding carboxylic acids is 1. The highest BCUT2D eigenvalue weighted by atomic mass is 35.5. The summed E-state index contributed by atoms with van der Waals surface area (Å²) in [5.41, 5.74) is 3.14. The zero-order valence-corrected chi connectivity index (χ0v) is 14.8. The van der Waals surface area contributed by atoms with Crippen molar-refractivity contribution in [1.29, 1.82) is 0 Å².